The van der Waals surface area contributed by atoms with Crippen molar-refractivity contribution in [1.29, 1.82) is 0 Å². The molecule has 4 rings (SSSR count). The third-order valence-electron chi connectivity index (χ3n) is 4.90. The first kappa shape index (κ1) is 17.2. The zero-order chi connectivity index (χ0) is 18.9. The lowest BCUT2D eigenvalue weighted by Gasteiger charge is -2.43. The van der Waals surface area contributed by atoms with Gasteiger partial charge in [-0.2, -0.15) is 4.68 Å². The first-order valence-electron chi connectivity index (χ1n) is 8.76. The second-order valence-electron chi connectivity index (χ2n) is 6.69. The smallest absolute Gasteiger partial charge is 0.388 e. The minimum Gasteiger partial charge on any atom is -0.388 e. The standard InChI is InChI=1S/C20H18FN3O3/c21-16-9-7-15(8-10-16)20(11-4-12-20)22-17(25)13-24-19(26)27-18(23-24)14-5-2-1-3-6-14/h1-3,5-10H,4,11-13H2,(H,22,25). The van der Waals surface area contributed by atoms with Crippen molar-refractivity contribution in [2.24, 2.45) is 0 Å². The second-order valence-corrected chi connectivity index (χ2v) is 6.69. The highest BCUT2D eigenvalue weighted by Crippen LogP contribution is 2.41. The summed E-state index contributed by atoms with van der Waals surface area (Å²) in [6.45, 7) is -0.238. The highest BCUT2D eigenvalue weighted by Gasteiger charge is 2.40. The maximum absolute atomic E-state index is 13.2. The molecule has 0 spiro atoms. The van der Waals surface area contributed by atoms with Crippen LogP contribution in [0.2, 0.25) is 0 Å². The molecule has 2 aromatic carbocycles. The highest BCUT2D eigenvalue weighted by atomic mass is 19.1. The van der Waals surface area contributed by atoms with Crippen LogP contribution in [-0.2, 0) is 16.9 Å². The van der Waals surface area contributed by atoms with Gasteiger partial charge in [-0.25, -0.2) is 9.18 Å². The van der Waals surface area contributed by atoms with Crippen molar-refractivity contribution in [2.75, 3.05) is 0 Å². The van der Waals surface area contributed by atoms with E-state index in [-0.39, 0.29) is 24.2 Å². The Morgan fingerprint density at radius 1 is 1.15 bits per heavy atom. The van der Waals surface area contributed by atoms with Gasteiger partial charge in [-0.15, -0.1) is 5.10 Å². The predicted molar refractivity (Wildman–Crippen MR) is 96.3 cm³/mol. The van der Waals surface area contributed by atoms with Gasteiger partial charge in [0.2, 0.25) is 11.8 Å². The molecule has 7 heteroatoms. The van der Waals surface area contributed by atoms with Gasteiger partial charge in [0.1, 0.15) is 12.4 Å². The van der Waals surface area contributed by atoms with Crippen molar-refractivity contribution in [3.05, 3.63) is 76.5 Å². The van der Waals surface area contributed by atoms with E-state index in [1.807, 2.05) is 18.2 Å². The molecule has 1 aliphatic carbocycles. The third-order valence-corrected chi connectivity index (χ3v) is 4.90. The first-order valence-corrected chi connectivity index (χ1v) is 8.76. The summed E-state index contributed by atoms with van der Waals surface area (Å²) in [5.41, 5.74) is 1.01. The first-order chi connectivity index (χ1) is 13.1. The van der Waals surface area contributed by atoms with Crippen molar-refractivity contribution in [3.63, 3.8) is 0 Å². The molecular weight excluding hydrogens is 349 g/mol. The molecule has 0 atom stereocenters. The van der Waals surface area contributed by atoms with Crippen LogP contribution >= 0.6 is 0 Å². The Morgan fingerprint density at radius 2 is 1.85 bits per heavy atom. The van der Waals surface area contributed by atoms with E-state index in [0.29, 0.717) is 5.56 Å². The average Bonchev–Trinajstić information content (AvgIpc) is 3.00. The zero-order valence-corrected chi connectivity index (χ0v) is 14.5. The number of hydrogen-bond acceptors (Lipinski definition) is 4. The Morgan fingerprint density at radius 3 is 2.48 bits per heavy atom. The lowest BCUT2D eigenvalue weighted by atomic mass is 9.72. The summed E-state index contributed by atoms with van der Waals surface area (Å²) in [4.78, 5) is 24.6. The minimum atomic E-state index is -0.687. The maximum Gasteiger partial charge on any atom is 0.437 e. The molecule has 1 saturated carbocycles. The number of nitrogens with zero attached hydrogens (tertiary/aromatic N) is 2. The monoisotopic (exact) mass is 367 g/mol. The number of rotatable bonds is 5. The molecule has 0 saturated heterocycles. The number of hydrogen-bond donors (Lipinski definition) is 1. The van der Waals surface area contributed by atoms with Crippen LogP contribution in [0.5, 0.6) is 0 Å². The molecule has 0 bridgehead atoms. The molecule has 1 heterocycles. The van der Waals surface area contributed by atoms with Gasteiger partial charge in [0.25, 0.3) is 0 Å². The normalized spacial score (nSPS) is 15.1. The molecule has 3 aromatic rings. The number of aromatic nitrogens is 2. The van der Waals surface area contributed by atoms with Crippen molar-refractivity contribution >= 4 is 5.91 Å². The maximum atomic E-state index is 13.2. The second kappa shape index (κ2) is 6.83. The highest BCUT2D eigenvalue weighted by molar-refractivity contribution is 5.77. The summed E-state index contributed by atoms with van der Waals surface area (Å²) in [7, 11) is 0. The number of benzene rings is 2. The van der Waals surface area contributed by atoms with Crippen LogP contribution in [0.4, 0.5) is 4.39 Å². The average molecular weight is 367 g/mol. The van der Waals surface area contributed by atoms with Crippen LogP contribution in [0.1, 0.15) is 24.8 Å². The zero-order valence-electron chi connectivity index (χ0n) is 14.5. The predicted octanol–water partition coefficient (Wildman–Crippen LogP) is 2.84. The van der Waals surface area contributed by atoms with Gasteiger partial charge in [-0.05, 0) is 49.1 Å². The number of halogens is 1. The molecular formula is C20H18FN3O3. The molecule has 138 valence electrons. The van der Waals surface area contributed by atoms with E-state index >= 15 is 0 Å². The Labute approximate surface area is 154 Å². The van der Waals surface area contributed by atoms with E-state index in [0.717, 1.165) is 29.5 Å². The van der Waals surface area contributed by atoms with Crippen LogP contribution in [0.3, 0.4) is 0 Å². The quantitative estimate of drug-likeness (QED) is 0.752. The van der Waals surface area contributed by atoms with Gasteiger partial charge < -0.3 is 9.73 Å². The van der Waals surface area contributed by atoms with E-state index in [4.69, 9.17) is 4.42 Å². The van der Waals surface area contributed by atoms with E-state index in [2.05, 4.69) is 10.4 Å². The van der Waals surface area contributed by atoms with E-state index in [1.165, 1.54) is 12.1 Å². The van der Waals surface area contributed by atoms with Gasteiger partial charge in [0.05, 0.1) is 5.54 Å². The molecule has 1 aliphatic rings. The molecule has 0 aliphatic heterocycles. The van der Waals surface area contributed by atoms with Gasteiger partial charge in [0.15, 0.2) is 0 Å². The number of carbonyl (C=O) groups is 1. The summed E-state index contributed by atoms with van der Waals surface area (Å²) < 4.78 is 19.3. The fraction of sp³-hybridized carbons (Fsp3) is 0.250. The van der Waals surface area contributed by atoms with E-state index in [1.54, 1.807) is 24.3 Å². The Kier molecular flexibility index (Phi) is 4.35. The van der Waals surface area contributed by atoms with Crippen LogP contribution in [0.25, 0.3) is 11.5 Å². The molecule has 27 heavy (non-hydrogen) atoms. The molecule has 1 aromatic heterocycles. The van der Waals surface area contributed by atoms with Crippen molar-refractivity contribution < 1.29 is 13.6 Å². The Bertz CT molecular complexity index is 1000. The van der Waals surface area contributed by atoms with Gasteiger partial charge >= 0.3 is 5.76 Å². The summed E-state index contributed by atoms with van der Waals surface area (Å²) in [6, 6.07) is 15.1. The van der Waals surface area contributed by atoms with Crippen LogP contribution < -0.4 is 11.1 Å². The van der Waals surface area contributed by atoms with E-state index < -0.39 is 11.3 Å². The largest absolute Gasteiger partial charge is 0.437 e. The molecule has 6 nitrogen and oxygen atoms in total. The Balaban J connectivity index is 1.50. The van der Waals surface area contributed by atoms with Crippen molar-refractivity contribution in [1.82, 2.24) is 15.1 Å². The fourth-order valence-electron chi connectivity index (χ4n) is 3.33. The molecule has 1 amide bonds. The van der Waals surface area contributed by atoms with Crippen LogP contribution in [0, 0.1) is 5.82 Å². The lowest BCUT2D eigenvalue weighted by Crippen LogP contribution is -2.52. The topological polar surface area (TPSA) is 77.1 Å². The van der Waals surface area contributed by atoms with Crippen LogP contribution in [0.15, 0.2) is 63.8 Å². The Hall–Kier alpha value is -3.22. The van der Waals surface area contributed by atoms with Gasteiger partial charge in [-0.1, -0.05) is 30.3 Å². The summed E-state index contributed by atoms with van der Waals surface area (Å²) in [5.74, 6) is -1.17. The minimum absolute atomic E-state index is 0.172. The summed E-state index contributed by atoms with van der Waals surface area (Å²) >= 11 is 0. The number of nitrogens with one attached hydrogen (secondary N) is 1. The van der Waals surface area contributed by atoms with Crippen molar-refractivity contribution in [2.45, 2.75) is 31.3 Å². The van der Waals surface area contributed by atoms with Gasteiger partial charge in [-0.3, -0.25) is 4.79 Å². The third kappa shape index (κ3) is 3.40. The fourth-order valence-corrected chi connectivity index (χ4v) is 3.33. The summed E-state index contributed by atoms with van der Waals surface area (Å²) in [5, 5.41) is 7.09. The SMILES string of the molecule is O=C(Cn1nc(-c2ccccc2)oc1=O)NC1(c2ccc(F)cc2)CCC1. The van der Waals surface area contributed by atoms with E-state index in [9.17, 15) is 14.0 Å². The lowest BCUT2D eigenvalue weighted by molar-refractivity contribution is -0.125. The van der Waals surface area contributed by atoms with Crippen molar-refractivity contribution in [3.8, 4) is 11.5 Å². The summed E-state index contributed by atoms with van der Waals surface area (Å²) in [6.07, 6.45) is 2.51. The molecule has 1 fully saturated rings. The molecule has 0 unspecified atom stereocenters. The molecule has 0 radical (unpaired) electrons. The van der Waals surface area contributed by atoms with Crippen LogP contribution in [-0.4, -0.2) is 15.7 Å². The number of carbonyl (C=O) groups excluding carboxylic acids is 1. The number of amides is 1. The molecule has 1 N–H and O–H groups in total. The van der Waals surface area contributed by atoms with Gasteiger partial charge in [0, 0.05) is 5.56 Å².